The van der Waals surface area contributed by atoms with Gasteiger partial charge in [0.15, 0.2) is 18.9 Å². The fourth-order valence-electron chi connectivity index (χ4n) is 2.95. The van der Waals surface area contributed by atoms with Crippen molar-refractivity contribution in [3.05, 3.63) is 60.2 Å². The van der Waals surface area contributed by atoms with Crippen molar-refractivity contribution in [2.45, 2.75) is 44.6 Å². The average molecular weight is 253 g/mol. The lowest BCUT2D eigenvalue weighted by Gasteiger charge is -2.19. The summed E-state index contributed by atoms with van der Waals surface area (Å²) < 4.78 is 2.26. The van der Waals surface area contributed by atoms with Crippen LogP contribution in [0.5, 0.6) is 0 Å². The van der Waals surface area contributed by atoms with Crippen LogP contribution >= 0.6 is 0 Å². The van der Waals surface area contributed by atoms with Gasteiger partial charge in [0.1, 0.15) is 5.69 Å². The molecule has 2 aromatic rings. The van der Waals surface area contributed by atoms with Crippen LogP contribution in [0.3, 0.4) is 0 Å². The maximum Gasteiger partial charge on any atom is 0.191 e. The third-order valence-corrected chi connectivity index (χ3v) is 4.01. The van der Waals surface area contributed by atoms with Crippen molar-refractivity contribution in [2.24, 2.45) is 0 Å². The zero-order valence-electron chi connectivity index (χ0n) is 11.3. The van der Waals surface area contributed by atoms with E-state index >= 15 is 0 Å². The normalized spacial score (nSPS) is 16.4. The molecule has 98 valence electrons. The fourth-order valence-corrected chi connectivity index (χ4v) is 2.95. The van der Waals surface area contributed by atoms with Crippen LogP contribution in [0, 0.1) is 0 Å². The first-order valence-electron chi connectivity index (χ1n) is 7.31. The molecule has 1 aromatic carbocycles. The molecule has 0 amide bonds. The van der Waals surface area contributed by atoms with Gasteiger partial charge in [0.05, 0.1) is 6.20 Å². The van der Waals surface area contributed by atoms with E-state index < -0.39 is 0 Å². The number of hydrogen-bond donors (Lipinski definition) is 0. The van der Waals surface area contributed by atoms with Gasteiger partial charge in [-0.25, -0.2) is 4.98 Å². The Balaban J connectivity index is 1.76. The Morgan fingerprint density at radius 2 is 1.84 bits per heavy atom. The molecule has 1 fully saturated rings. The van der Waals surface area contributed by atoms with Gasteiger partial charge >= 0.3 is 0 Å². The molecule has 2 heteroatoms. The van der Waals surface area contributed by atoms with Crippen molar-refractivity contribution in [3.8, 4) is 0 Å². The quantitative estimate of drug-likeness (QED) is 0.765. The zero-order chi connectivity index (χ0) is 12.9. The van der Waals surface area contributed by atoms with Crippen molar-refractivity contribution < 1.29 is 4.57 Å². The predicted molar refractivity (Wildman–Crippen MR) is 75.8 cm³/mol. The Labute approximate surface area is 115 Å². The topological polar surface area (TPSA) is 16.8 Å². The lowest BCUT2D eigenvalue weighted by Crippen LogP contribution is -2.34. The van der Waals surface area contributed by atoms with Crippen LogP contribution in [0.15, 0.2) is 48.9 Å². The molecule has 0 unspecified atom stereocenters. The number of nitrogens with zero attached hydrogens (tertiary/aromatic N) is 2. The molecule has 2 nitrogen and oxygen atoms in total. The zero-order valence-corrected chi connectivity index (χ0v) is 11.3. The molecule has 0 aliphatic heterocycles. The SMILES string of the molecule is c1ccc(C[n+]2ccnc(C3CCCCC3)c2)cc1. The van der Waals surface area contributed by atoms with Gasteiger partial charge in [-0.15, -0.1) is 0 Å². The number of benzene rings is 1. The van der Waals surface area contributed by atoms with Crippen molar-refractivity contribution in [1.82, 2.24) is 4.98 Å². The van der Waals surface area contributed by atoms with Crippen LogP contribution in [0.25, 0.3) is 0 Å². The lowest BCUT2D eigenvalue weighted by atomic mass is 9.87. The van der Waals surface area contributed by atoms with Gasteiger partial charge in [-0.05, 0) is 12.8 Å². The summed E-state index contributed by atoms with van der Waals surface area (Å²) in [6.45, 7) is 0.934. The highest BCUT2D eigenvalue weighted by Crippen LogP contribution is 2.30. The van der Waals surface area contributed by atoms with Gasteiger partial charge in [0, 0.05) is 11.5 Å². The minimum Gasteiger partial charge on any atom is -0.249 e. The first-order valence-corrected chi connectivity index (χ1v) is 7.31. The van der Waals surface area contributed by atoms with Crippen LogP contribution in [-0.2, 0) is 6.54 Å². The Morgan fingerprint density at radius 1 is 1.05 bits per heavy atom. The summed E-state index contributed by atoms with van der Waals surface area (Å²) in [5, 5.41) is 0. The first-order chi connectivity index (χ1) is 9.42. The lowest BCUT2D eigenvalue weighted by molar-refractivity contribution is -0.689. The van der Waals surface area contributed by atoms with E-state index in [1.54, 1.807) is 0 Å². The number of aromatic nitrogens is 2. The van der Waals surface area contributed by atoms with Gasteiger partial charge in [0.2, 0.25) is 0 Å². The van der Waals surface area contributed by atoms with Crippen LogP contribution in [-0.4, -0.2) is 4.98 Å². The molecular weight excluding hydrogens is 232 g/mol. The minimum absolute atomic E-state index is 0.678. The molecule has 1 saturated carbocycles. The molecule has 3 rings (SSSR count). The summed E-state index contributed by atoms with van der Waals surface area (Å²) >= 11 is 0. The van der Waals surface area contributed by atoms with E-state index in [1.807, 2.05) is 6.20 Å². The summed E-state index contributed by atoms with van der Waals surface area (Å²) in [6, 6.07) is 10.6. The maximum absolute atomic E-state index is 4.58. The average Bonchev–Trinajstić information content (AvgIpc) is 2.49. The molecule has 0 bridgehead atoms. The van der Waals surface area contributed by atoms with Crippen LogP contribution in [0.2, 0.25) is 0 Å². The smallest absolute Gasteiger partial charge is 0.191 e. The van der Waals surface area contributed by atoms with E-state index in [9.17, 15) is 0 Å². The Bertz CT molecular complexity index is 516. The van der Waals surface area contributed by atoms with E-state index in [2.05, 4.69) is 52.3 Å². The highest BCUT2D eigenvalue weighted by molar-refractivity contribution is 5.13. The molecule has 0 saturated heterocycles. The standard InChI is InChI=1S/C17H21N2/c1-3-7-15(8-4-1)13-19-12-11-18-17(14-19)16-9-5-2-6-10-16/h1,3-4,7-8,11-12,14,16H,2,5-6,9-10,13H2/q+1. The second kappa shape index (κ2) is 5.96. The summed E-state index contributed by atoms with van der Waals surface area (Å²) in [6.07, 6.45) is 13.0. The summed E-state index contributed by atoms with van der Waals surface area (Å²) in [7, 11) is 0. The fraction of sp³-hybridized carbons (Fsp3) is 0.412. The molecular formula is C17H21N2+. The van der Waals surface area contributed by atoms with Crippen molar-refractivity contribution in [3.63, 3.8) is 0 Å². The Kier molecular flexibility index (Phi) is 3.87. The Hall–Kier alpha value is -1.70. The maximum atomic E-state index is 4.58. The van der Waals surface area contributed by atoms with Crippen LogP contribution < -0.4 is 4.57 Å². The van der Waals surface area contributed by atoms with Gasteiger partial charge < -0.3 is 0 Å². The summed E-state index contributed by atoms with van der Waals surface area (Å²) in [5.41, 5.74) is 2.62. The van der Waals surface area contributed by atoms with E-state index in [-0.39, 0.29) is 0 Å². The first kappa shape index (κ1) is 12.3. The molecule has 0 spiro atoms. The van der Waals surface area contributed by atoms with Crippen molar-refractivity contribution in [1.29, 1.82) is 0 Å². The summed E-state index contributed by atoms with van der Waals surface area (Å²) in [5.74, 6) is 0.678. The number of hydrogen-bond acceptors (Lipinski definition) is 1. The van der Waals surface area contributed by atoms with Gasteiger partial charge in [0.25, 0.3) is 0 Å². The van der Waals surface area contributed by atoms with Crippen LogP contribution in [0.1, 0.15) is 49.3 Å². The molecule has 0 N–H and O–H groups in total. The van der Waals surface area contributed by atoms with Crippen molar-refractivity contribution >= 4 is 0 Å². The van der Waals surface area contributed by atoms with Gasteiger partial charge in [-0.1, -0.05) is 49.6 Å². The van der Waals surface area contributed by atoms with Gasteiger partial charge in [-0.2, -0.15) is 4.57 Å². The molecule has 1 aromatic heterocycles. The van der Waals surface area contributed by atoms with E-state index in [0.717, 1.165) is 6.54 Å². The molecule has 19 heavy (non-hydrogen) atoms. The predicted octanol–water partition coefficient (Wildman–Crippen LogP) is 3.47. The largest absolute Gasteiger partial charge is 0.249 e. The molecule has 1 aliphatic rings. The highest BCUT2D eigenvalue weighted by atomic mass is 15.0. The molecule has 0 radical (unpaired) electrons. The monoisotopic (exact) mass is 253 g/mol. The Morgan fingerprint density at radius 3 is 2.63 bits per heavy atom. The van der Waals surface area contributed by atoms with E-state index in [4.69, 9.17) is 0 Å². The second-order valence-corrected chi connectivity index (χ2v) is 5.47. The van der Waals surface area contributed by atoms with Crippen molar-refractivity contribution in [2.75, 3.05) is 0 Å². The third-order valence-electron chi connectivity index (χ3n) is 4.01. The molecule has 1 aliphatic carbocycles. The van der Waals surface area contributed by atoms with Crippen LogP contribution in [0.4, 0.5) is 0 Å². The molecule has 0 atom stereocenters. The van der Waals surface area contributed by atoms with E-state index in [0.29, 0.717) is 5.92 Å². The van der Waals surface area contributed by atoms with E-state index in [1.165, 1.54) is 43.4 Å². The minimum atomic E-state index is 0.678. The third kappa shape index (κ3) is 3.19. The van der Waals surface area contributed by atoms with Gasteiger partial charge in [-0.3, -0.25) is 0 Å². The number of rotatable bonds is 3. The highest BCUT2D eigenvalue weighted by Gasteiger charge is 2.19. The second-order valence-electron chi connectivity index (χ2n) is 5.47. The molecule has 1 heterocycles. The summed E-state index contributed by atoms with van der Waals surface area (Å²) in [4.78, 5) is 4.58.